The van der Waals surface area contributed by atoms with E-state index in [-0.39, 0.29) is 0 Å². The van der Waals surface area contributed by atoms with Crippen molar-refractivity contribution in [3.8, 4) is 11.3 Å². The lowest BCUT2D eigenvalue weighted by Gasteiger charge is -2.08. The Morgan fingerprint density at radius 2 is 2.05 bits per heavy atom. The number of nitrogens with zero attached hydrogens (tertiary/aromatic N) is 2. The van der Waals surface area contributed by atoms with E-state index in [2.05, 4.69) is 24.3 Å². The Bertz CT molecular complexity index is 546. The van der Waals surface area contributed by atoms with E-state index in [1.165, 1.54) is 5.56 Å². The summed E-state index contributed by atoms with van der Waals surface area (Å²) in [7, 11) is 1.94. The molecule has 0 bridgehead atoms. The molecule has 0 saturated carbocycles. The second-order valence-electron chi connectivity index (χ2n) is 5.18. The largest absolute Gasteiger partial charge is 0.312 e. The number of aromatic nitrogens is 2. The van der Waals surface area contributed by atoms with Gasteiger partial charge in [-0.15, -0.1) is 0 Å². The van der Waals surface area contributed by atoms with Crippen LogP contribution in [0.4, 0.5) is 0 Å². The quantitative estimate of drug-likeness (QED) is 0.907. The molecule has 0 atom stereocenters. The molecule has 1 N–H and O–H groups in total. The fourth-order valence-electron chi connectivity index (χ4n) is 2.04. The first-order valence-corrected chi connectivity index (χ1v) is 6.94. The number of rotatable bonds is 5. The maximum atomic E-state index is 6.25. The average molecular weight is 278 g/mol. The van der Waals surface area contributed by atoms with E-state index >= 15 is 0 Å². The van der Waals surface area contributed by atoms with E-state index in [0.717, 1.165) is 29.4 Å². The van der Waals surface area contributed by atoms with Gasteiger partial charge in [0.25, 0.3) is 0 Å². The first kappa shape index (κ1) is 14.1. The Kier molecular flexibility index (Phi) is 4.61. The molecule has 3 nitrogen and oxygen atoms in total. The number of aryl methyl sites for hydroxylation is 1. The Labute approximate surface area is 119 Å². The number of hydrogen-bond acceptors (Lipinski definition) is 2. The van der Waals surface area contributed by atoms with Crippen LogP contribution in [-0.2, 0) is 13.6 Å². The molecule has 2 aromatic rings. The van der Waals surface area contributed by atoms with Crippen LogP contribution in [-0.4, -0.2) is 16.3 Å². The molecule has 0 saturated heterocycles. The van der Waals surface area contributed by atoms with Crippen molar-refractivity contribution in [3.63, 3.8) is 0 Å². The summed E-state index contributed by atoms with van der Waals surface area (Å²) >= 11 is 6.25. The van der Waals surface area contributed by atoms with Crippen molar-refractivity contribution in [2.24, 2.45) is 13.0 Å². The number of halogens is 1. The van der Waals surface area contributed by atoms with E-state index in [4.69, 9.17) is 11.6 Å². The monoisotopic (exact) mass is 277 g/mol. The lowest BCUT2D eigenvalue weighted by Crippen LogP contribution is -2.19. The van der Waals surface area contributed by atoms with Crippen LogP contribution < -0.4 is 5.32 Å². The maximum absolute atomic E-state index is 6.25. The highest BCUT2D eigenvalue weighted by Gasteiger charge is 2.12. The third kappa shape index (κ3) is 3.58. The highest BCUT2D eigenvalue weighted by atomic mass is 35.5. The Hall–Kier alpha value is -1.32. The van der Waals surface area contributed by atoms with E-state index in [1.807, 2.05) is 42.2 Å². The summed E-state index contributed by atoms with van der Waals surface area (Å²) in [6.07, 6.45) is 2.05. The van der Waals surface area contributed by atoms with E-state index in [9.17, 15) is 0 Å². The van der Waals surface area contributed by atoms with Gasteiger partial charge in [-0.25, -0.2) is 0 Å². The molecule has 0 radical (unpaired) electrons. The molecule has 0 aliphatic heterocycles. The van der Waals surface area contributed by atoms with Crippen LogP contribution in [0.1, 0.15) is 19.4 Å². The van der Waals surface area contributed by atoms with E-state index < -0.39 is 0 Å². The van der Waals surface area contributed by atoms with Crippen molar-refractivity contribution in [2.75, 3.05) is 6.54 Å². The van der Waals surface area contributed by atoms with Crippen LogP contribution in [0.3, 0.4) is 0 Å². The van der Waals surface area contributed by atoms with Crippen LogP contribution in [0.25, 0.3) is 11.3 Å². The second kappa shape index (κ2) is 6.22. The zero-order chi connectivity index (χ0) is 13.8. The van der Waals surface area contributed by atoms with Crippen molar-refractivity contribution in [1.82, 2.24) is 15.1 Å². The van der Waals surface area contributed by atoms with Crippen molar-refractivity contribution in [3.05, 3.63) is 41.0 Å². The summed E-state index contributed by atoms with van der Waals surface area (Å²) in [5.74, 6) is 0.639. The number of hydrogen-bond donors (Lipinski definition) is 1. The van der Waals surface area contributed by atoms with Gasteiger partial charge in [0.2, 0.25) is 0 Å². The molecular weight excluding hydrogens is 258 g/mol. The molecule has 4 heteroatoms. The van der Waals surface area contributed by atoms with Gasteiger partial charge in [-0.2, -0.15) is 5.10 Å². The minimum atomic E-state index is 0.639. The topological polar surface area (TPSA) is 29.9 Å². The normalized spacial score (nSPS) is 11.2. The first-order valence-electron chi connectivity index (χ1n) is 6.56. The summed E-state index contributed by atoms with van der Waals surface area (Å²) in [4.78, 5) is 0. The second-order valence-corrected chi connectivity index (χ2v) is 5.59. The van der Waals surface area contributed by atoms with Crippen LogP contribution in [0.2, 0.25) is 5.02 Å². The SMILES string of the molecule is CC(C)CNCc1cn(C)nc1-c1ccccc1Cl. The average Bonchev–Trinajstić information content (AvgIpc) is 2.70. The van der Waals surface area contributed by atoms with Gasteiger partial charge >= 0.3 is 0 Å². The molecule has 0 fully saturated rings. The maximum Gasteiger partial charge on any atom is 0.0982 e. The van der Waals surface area contributed by atoms with Gasteiger partial charge in [-0.05, 0) is 18.5 Å². The third-order valence-corrected chi connectivity index (χ3v) is 3.23. The molecule has 102 valence electrons. The minimum Gasteiger partial charge on any atom is -0.312 e. The molecule has 0 amide bonds. The number of benzene rings is 1. The Morgan fingerprint density at radius 1 is 1.32 bits per heavy atom. The third-order valence-electron chi connectivity index (χ3n) is 2.90. The molecular formula is C15H20ClN3. The van der Waals surface area contributed by atoms with Crippen molar-refractivity contribution >= 4 is 11.6 Å². The number of nitrogens with one attached hydrogen (secondary N) is 1. The van der Waals surface area contributed by atoms with Crippen LogP contribution >= 0.6 is 11.6 Å². The molecule has 1 heterocycles. The lowest BCUT2D eigenvalue weighted by molar-refractivity contribution is 0.552. The minimum absolute atomic E-state index is 0.639. The highest BCUT2D eigenvalue weighted by Crippen LogP contribution is 2.28. The van der Waals surface area contributed by atoms with Gasteiger partial charge in [-0.1, -0.05) is 43.6 Å². The summed E-state index contributed by atoms with van der Waals surface area (Å²) in [5, 5.41) is 8.72. The fraction of sp³-hybridized carbons (Fsp3) is 0.400. The van der Waals surface area contributed by atoms with Gasteiger partial charge in [0, 0.05) is 30.9 Å². The smallest absolute Gasteiger partial charge is 0.0982 e. The zero-order valence-electron chi connectivity index (χ0n) is 11.7. The summed E-state index contributed by atoms with van der Waals surface area (Å²) in [6, 6.07) is 7.83. The van der Waals surface area contributed by atoms with Gasteiger partial charge in [-0.3, -0.25) is 4.68 Å². The summed E-state index contributed by atoms with van der Waals surface area (Å²) < 4.78 is 1.84. The van der Waals surface area contributed by atoms with E-state index in [1.54, 1.807) is 0 Å². The van der Waals surface area contributed by atoms with Crippen LogP contribution in [0.5, 0.6) is 0 Å². The van der Waals surface area contributed by atoms with Gasteiger partial charge in [0.05, 0.1) is 10.7 Å². The van der Waals surface area contributed by atoms with Crippen molar-refractivity contribution in [1.29, 1.82) is 0 Å². The predicted octanol–water partition coefficient (Wildman–Crippen LogP) is 3.49. The Balaban J connectivity index is 2.24. The molecule has 2 rings (SSSR count). The molecule has 0 aliphatic carbocycles. The van der Waals surface area contributed by atoms with Gasteiger partial charge < -0.3 is 5.32 Å². The molecule has 1 aromatic carbocycles. The highest BCUT2D eigenvalue weighted by molar-refractivity contribution is 6.33. The van der Waals surface area contributed by atoms with Crippen molar-refractivity contribution < 1.29 is 0 Å². The van der Waals surface area contributed by atoms with E-state index in [0.29, 0.717) is 5.92 Å². The Morgan fingerprint density at radius 3 is 2.74 bits per heavy atom. The van der Waals surface area contributed by atoms with Crippen LogP contribution in [0, 0.1) is 5.92 Å². The predicted molar refractivity (Wildman–Crippen MR) is 80.2 cm³/mol. The summed E-state index contributed by atoms with van der Waals surface area (Å²) in [6.45, 7) is 6.21. The molecule has 0 spiro atoms. The lowest BCUT2D eigenvalue weighted by atomic mass is 10.1. The van der Waals surface area contributed by atoms with Gasteiger partial charge in [0.15, 0.2) is 0 Å². The first-order chi connectivity index (χ1) is 9.08. The zero-order valence-corrected chi connectivity index (χ0v) is 12.4. The summed E-state index contributed by atoms with van der Waals surface area (Å²) in [5.41, 5.74) is 3.13. The standard InChI is InChI=1S/C15H20ClN3/c1-11(2)8-17-9-12-10-19(3)18-15(12)13-6-4-5-7-14(13)16/h4-7,10-11,17H,8-9H2,1-3H3. The molecule has 0 unspecified atom stereocenters. The van der Waals surface area contributed by atoms with Crippen LogP contribution in [0.15, 0.2) is 30.5 Å². The van der Waals surface area contributed by atoms with Crippen molar-refractivity contribution in [2.45, 2.75) is 20.4 Å². The molecule has 19 heavy (non-hydrogen) atoms. The molecule has 0 aliphatic rings. The fourth-order valence-corrected chi connectivity index (χ4v) is 2.27. The van der Waals surface area contributed by atoms with Gasteiger partial charge in [0.1, 0.15) is 0 Å². The molecule has 1 aromatic heterocycles.